The first-order valence-corrected chi connectivity index (χ1v) is 7.45. The zero-order valence-electron chi connectivity index (χ0n) is 11.6. The van der Waals surface area contributed by atoms with Gasteiger partial charge in [0.05, 0.1) is 11.3 Å². The predicted octanol–water partition coefficient (Wildman–Crippen LogP) is 2.67. The van der Waals surface area contributed by atoms with Crippen LogP contribution in [0.4, 0.5) is 10.1 Å². The third kappa shape index (κ3) is 2.94. The van der Waals surface area contributed by atoms with E-state index in [9.17, 15) is 9.65 Å². The van der Waals surface area contributed by atoms with Crippen LogP contribution in [0.2, 0.25) is 0 Å². The van der Waals surface area contributed by atoms with E-state index < -0.39 is 0 Å². The number of halogens is 1. The third-order valence-electron chi connectivity index (χ3n) is 4.29. The van der Waals surface area contributed by atoms with Crippen molar-refractivity contribution in [2.45, 2.75) is 31.7 Å². The van der Waals surface area contributed by atoms with E-state index in [1.807, 2.05) is 0 Å². The Bertz CT molecular complexity index is 513. The molecule has 0 bridgehead atoms. The highest BCUT2D eigenvalue weighted by Gasteiger charge is 2.32. The molecule has 1 aliphatic heterocycles. The van der Waals surface area contributed by atoms with Gasteiger partial charge in [0.2, 0.25) is 0 Å². The van der Waals surface area contributed by atoms with Crippen molar-refractivity contribution in [3.05, 3.63) is 29.6 Å². The lowest BCUT2D eigenvalue weighted by atomic mass is 9.97. The fourth-order valence-corrected chi connectivity index (χ4v) is 3.02. The summed E-state index contributed by atoms with van der Waals surface area (Å²) in [6.45, 7) is 3.15. The number of nitrogens with zero attached hydrogens (tertiary/aromatic N) is 2. The van der Waals surface area contributed by atoms with Gasteiger partial charge in [0.1, 0.15) is 11.9 Å². The SMILES string of the molecule is N#Cc1cc(F)ccc1N(CC1CCNCC1)C1CC1. The first-order chi connectivity index (χ1) is 9.78. The Kier molecular flexibility index (Phi) is 3.88. The molecule has 0 aromatic heterocycles. The molecule has 0 amide bonds. The largest absolute Gasteiger partial charge is 0.367 e. The Balaban J connectivity index is 1.81. The lowest BCUT2D eigenvalue weighted by Gasteiger charge is -2.32. The zero-order chi connectivity index (χ0) is 13.9. The van der Waals surface area contributed by atoms with E-state index in [2.05, 4.69) is 16.3 Å². The Labute approximate surface area is 119 Å². The summed E-state index contributed by atoms with van der Waals surface area (Å²) in [6, 6.07) is 7.28. The molecule has 0 atom stereocenters. The molecule has 2 fully saturated rings. The number of benzene rings is 1. The first-order valence-electron chi connectivity index (χ1n) is 7.45. The number of rotatable bonds is 4. The molecular formula is C16H20FN3. The maximum atomic E-state index is 13.3. The number of hydrogen-bond acceptors (Lipinski definition) is 3. The maximum Gasteiger partial charge on any atom is 0.124 e. The van der Waals surface area contributed by atoms with E-state index in [1.165, 1.54) is 37.8 Å². The Morgan fingerprint density at radius 1 is 1.25 bits per heavy atom. The van der Waals surface area contributed by atoms with Crippen molar-refractivity contribution in [1.29, 1.82) is 5.26 Å². The van der Waals surface area contributed by atoms with E-state index in [-0.39, 0.29) is 5.82 Å². The van der Waals surface area contributed by atoms with Gasteiger partial charge in [0, 0.05) is 12.6 Å². The summed E-state index contributed by atoms with van der Waals surface area (Å²) in [5, 5.41) is 12.6. The fraction of sp³-hybridized carbons (Fsp3) is 0.562. The molecule has 0 radical (unpaired) electrons. The van der Waals surface area contributed by atoms with Crippen molar-refractivity contribution >= 4 is 5.69 Å². The first kappa shape index (κ1) is 13.4. The molecule has 106 valence electrons. The average molecular weight is 273 g/mol. The Morgan fingerprint density at radius 2 is 2.00 bits per heavy atom. The summed E-state index contributed by atoms with van der Waals surface area (Å²) in [6.07, 6.45) is 4.75. The standard InChI is InChI=1S/C16H20FN3/c17-14-1-4-16(13(9-14)10-18)20(15-2-3-15)11-12-5-7-19-8-6-12/h1,4,9,12,15,19H,2-3,5-8,11H2. The van der Waals surface area contributed by atoms with E-state index in [1.54, 1.807) is 6.07 Å². The van der Waals surface area contributed by atoms with Crippen LogP contribution in [-0.2, 0) is 0 Å². The molecule has 2 aliphatic rings. The molecule has 1 aliphatic carbocycles. The molecule has 1 saturated heterocycles. The molecule has 1 saturated carbocycles. The second kappa shape index (κ2) is 5.80. The van der Waals surface area contributed by atoms with Gasteiger partial charge in [-0.05, 0) is 62.9 Å². The van der Waals surface area contributed by atoms with Gasteiger partial charge in [0.15, 0.2) is 0 Å². The number of nitriles is 1. The van der Waals surface area contributed by atoms with Gasteiger partial charge >= 0.3 is 0 Å². The highest BCUT2D eigenvalue weighted by Crippen LogP contribution is 2.35. The van der Waals surface area contributed by atoms with Crippen molar-refractivity contribution in [2.24, 2.45) is 5.92 Å². The lowest BCUT2D eigenvalue weighted by Crippen LogP contribution is -2.37. The number of anilines is 1. The van der Waals surface area contributed by atoms with Gasteiger partial charge in [0.25, 0.3) is 0 Å². The van der Waals surface area contributed by atoms with Gasteiger partial charge in [-0.3, -0.25) is 0 Å². The molecule has 1 aromatic rings. The van der Waals surface area contributed by atoms with Crippen molar-refractivity contribution in [3.8, 4) is 6.07 Å². The van der Waals surface area contributed by atoms with Crippen LogP contribution in [0, 0.1) is 23.1 Å². The second-order valence-corrected chi connectivity index (χ2v) is 5.85. The molecule has 1 heterocycles. The number of piperidine rings is 1. The van der Waals surface area contributed by atoms with Crippen LogP contribution in [0.1, 0.15) is 31.2 Å². The highest BCUT2D eigenvalue weighted by molar-refractivity contribution is 5.60. The van der Waals surface area contributed by atoms with Crippen LogP contribution >= 0.6 is 0 Å². The molecule has 3 nitrogen and oxygen atoms in total. The van der Waals surface area contributed by atoms with Crippen molar-refractivity contribution in [3.63, 3.8) is 0 Å². The van der Waals surface area contributed by atoms with Crippen LogP contribution in [0.25, 0.3) is 0 Å². The summed E-state index contributed by atoms with van der Waals surface area (Å²) in [5.41, 5.74) is 1.38. The molecule has 4 heteroatoms. The van der Waals surface area contributed by atoms with E-state index >= 15 is 0 Å². The summed E-state index contributed by atoms with van der Waals surface area (Å²) >= 11 is 0. The molecule has 1 aromatic carbocycles. The predicted molar refractivity (Wildman–Crippen MR) is 77.1 cm³/mol. The van der Waals surface area contributed by atoms with Gasteiger partial charge < -0.3 is 10.2 Å². The minimum atomic E-state index is -0.331. The van der Waals surface area contributed by atoms with Crippen LogP contribution in [-0.4, -0.2) is 25.7 Å². The smallest absolute Gasteiger partial charge is 0.124 e. The summed E-state index contributed by atoms with van der Waals surface area (Å²) in [7, 11) is 0. The summed E-state index contributed by atoms with van der Waals surface area (Å²) in [4.78, 5) is 2.34. The summed E-state index contributed by atoms with van der Waals surface area (Å²) in [5.74, 6) is 0.344. The minimum Gasteiger partial charge on any atom is -0.367 e. The third-order valence-corrected chi connectivity index (χ3v) is 4.29. The van der Waals surface area contributed by atoms with Crippen LogP contribution in [0.5, 0.6) is 0 Å². The van der Waals surface area contributed by atoms with Crippen LogP contribution in [0.3, 0.4) is 0 Å². The molecular weight excluding hydrogens is 253 g/mol. The number of nitrogens with one attached hydrogen (secondary N) is 1. The van der Waals surface area contributed by atoms with E-state index in [0.29, 0.717) is 17.5 Å². The molecule has 1 N–H and O–H groups in total. The van der Waals surface area contributed by atoms with Crippen molar-refractivity contribution in [2.75, 3.05) is 24.5 Å². The maximum absolute atomic E-state index is 13.3. The van der Waals surface area contributed by atoms with Gasteiger partial charge in [-0.1, -0.05) is 0 Å². The van der Waals surface area contributed by atoms with Gasteiger partial charge in [-0.25, -0.2) is 4.39 Å². The quantitative estimate of drug-likeness (QED) is 0.916. The number of hydrogen-bond donors (Lipinski definition) is 1. The van der Waals surface area contributed by atoms with Crippen molar-refractivity contribution in [1.82, 2.24) is 5.32 Å². The Hall–Kier alpha value is -1.60. The van der Waals surface area contributed by atoms with Crippen molar-refractivity contribution < 1.29 is 4.39 Å². The van der Waals surface area contributed by atoms with Crippen LogP contribution in [0.15, 0.2) is 18.2 Å². The molecule has 0 spiro atoms. The summed E-state index contributed by atoms with van der Waals surface area (Å²) < 4.78 is 13.3. The Morgan fingerprint density at radius 3 is 2.65 bits per heavy atom. The minimum absolute atomic E-state index is 0.331. The van der Waals surface area contributed by atoms with E-state index in [4.69, 9.17) is 0 Å². The topological polar surface area (TPSA) is 39.1 Å². The zero-order valence-corrected chi connectivity index (χ0v) is 11.6. The molecule has 0 unspecified atom stereocenters. The van der Waals surface area contributed by atoms with Gasteiger partial charge in [-0.15, -0.1) is 0 Å². The fourth-order valence-electron chi connectivity index (χ4n) is 3.02. The normalized spacial score (nSPS) is 19.6. The average Bonchev–Trinajstić information content (AvgIpc) is 3.31. The monoisotopic (exact) mass is 273 g/mol. The second-order valence-electron chi connectivity index (χ2n) is 5.85. The van der Waals surface area contributed by atoms with Crippen LogP contribution < -0.4 is 10.2 Å². The lowest BCUT2D eigenvalue weighted by molar-refractivity contribution is 0.372. The van der Waals surface area contributed by atoms with Gasteiger partial charge in [-0.2, -0.15) is 5.26 Å². The highest BCUT2D eigenvalue weighted by atomic mass is 19.1. The molecule has 3 rings (SSSR count). The molecule has 20 heavy (non-hydrogen) atoms. The van der Waals surface area contributed by atoms with E-state index in [0.717, 1.165) is 25.3 Å².